The fourth-order valence-electron chi connectivity index (χ4n) is 4.76. The summed E-state index contributed by atoms with van der Waals surface area (Å²) in [4.78, 5) is 25.9. The van der Waals surface area contributed by atoms with Crippen molar-refractivity contribution in [1.82, 2.24) is 19.8 Å². The van der Waals surface area contributed by atoms with Crippen molar-refractivity contribution in [3.05, 3.63) is 48.7 Å². The lowest BCUT2D eigenvalue weighted by Crippen LogP contribution is -2.41. The number of anilines is 3. The van der Waals surface area contributed by atoms with E-state index in [1.54, 1.807) is 0 Å². The van der Waals surface area contributed by atoms with Gasteiger partial charge in [0.15, 0.2) is 0 Å². The zero-order valence-electron chi connectivity index (χ0n) is 20.5. The van der Waals surface area contributed by atoms with Gasteiger partial charge in [0.2, 0.25) is 5.95 Å². The van der Waals surface area contributed by atoms with Crippen LogP contribution in [0.25, 0.3) is 10.9 Å². The minimum absolute atomic E-state index is 0.0384. The molecule has 3 heterocycles. The molecular formula is C27H34N6O2. The van der Waals surface area contributed by atoms with Crippen molar-refractivity contribution < 1.29 is 9.53 Å². The summed E-state index contributed by atoms with van der Waals surface area (Å²) in [5.41, 5.74) is 2.43. The second kappa shape index (κ2) is 10.5. The zero-order chi connectivity index (χ0) is 24.2. The third-order valence-corrected chi connectivity index (χ3v) is 6.86. The maximum Gasteiger partial charge on any atom is 0.321 e. The Labute approximate surface area is 206 Å². The van der Waals surface area contributed by atoms with E-state index in [-0.39, 0.29) is 12.1 Å². The molecule has 2 aliphatic rings. The van der Waals surface area contributed by atoms with Crippen LogP contribution in [0.2, 0.25) is 0 Å². The molecule has 2 N–H and O–H groups in total. The smallest absolute Gasteiger partial charge is 0.321 e. The maximum absolute atomic E-state index is 12.3. The zero-order valence-corrected chi connectivity index (χ0v) is 20.5. The number of rotatable bonds is 6. The number of benzene rings is 2. The minimum atomic E-state index is -0.0384. The van der Waals surface area contributed by atoms with E-state index in [4.69, 9.17) is 9.72 Å². The number of piperidine rings is 1. The lowest BCUT2D eigenvalue weighted by atomic mass is 10.1. The molecule has 2 amide bonds. The van der Waals surface area contributed by atoms with Crippen LogP contribution in [0.15, 0.2) is 48.7 Å². The fraction of sp³-hybridized carbons (Fsp3) is 0.444. The van der Waals surface area contributed by atoms with Crippen molar-refractivity contribution in [2.75, 3.05) is 36.8 Å². The van der Waals surface area contributed by atoms with Crippen LogP contribution in [0.1, 0.15) is 39.5 Å². The minimum Gasteiger partial charge on any atom is -0.488 e. The molecule has 35 heavy (non-hydrogen) atoms. The van der Waals surface area contributed by atoms with Gasteiger partial charge in [-0.15, -0.1) is 0 Å². The van der Waals surface area contributed by atoms with Crippen molar-refractivity contribution in [3.63, 3.8) is 0 Å². The first-order valence-electron chi connectivity index (χ1n) is 12.6. The number of likely N-dealkylation sites (tertiary alicyclic amines) is 2. The lowest BCUT2D eigenvalue weighted by molar-refractivity contribution is 0.0852. The Morgan fingerprint density at radius 2 is 1.71 bits per heavy atom. The van der Waals surface area contributed by atoms with E-state index in [1.165, 1.54) is 0 Å². The number of hydrogen-bond donors (Lipinski definition) is 2. The number of nitrogens with zero attached hydrogens (tertiary/aromatic N) is 4. The van der Waals surface area contributed by atoms with E-state index in [1.807, 2.05) is 53.6 Å². The monoisotopic (exact) mass is 474 g/mol. The van der Waals surface area contributed by atoms with Gasteiger partial charge < -0.3 is 25.2 Å². The van der Waals surface area contributed by atoms with Gasteiger partial charge in [0.25, 0.3) is 0 Å². The predicted molar refractivity (Wildman–Crippen MR) is 139 cm³/mol. The number of carbonyl (C=O) groups is 1. The highest BCUT2D eigenvalue weighted by atomic mass is 16.5. The average molecular weight is 475 g/mol. The summed E-state index contributed by atoms with van der Waals surface area (Å²) in [5.74, 6) is 1.31. The Kier molecular flexibility index (Phi) is 6.99. The molecule has 2 aliphatic heterocycles. The molecule has 0 aliphatic carbocycles. The highest BCUT2D eigenvalue weighted by Gasteiger charge is 2.23. The number of para-hydroxylation sites is 1. The number of hydrogen-bond acceptors (Lipinski definition) is 6. The van der Waals surface area contributed by atoms with Gasteiger partial charge in [-0.25, -0.2) is 14.8 Å². The number of amides is 2. The van der Waals surface area contributed by atoms with Gasteiger partial charge in [0, 0.05) is 55.2 Å². The van der Waals surface area contributed by atoms with Crippen LogP contribution >= 0.6 is 0 Å². The fourth-order valence-corrected chi connectivity index (χ4v) is 4.76. The van der Waals surface area contributed by atoms with Crippen LogP contribution < -0.4 is 15.4 Å². The molecule has 2 aromatic carbocycles. The van der Waals surface area contributed by atoms with E-state index >= 15 is 0 Å². The molecule has 2 fully saturated rings. The molecule has 0 spiro atoms. The van der Waals surface area contributed by atoms with E-state index in [2.05, 4.69) is 34.4 Å². The van der Waals surface area contributed by atoms with Gasteiger partial charge in [-0.2, -0.15) is 0 Å². The topological polar surface area (TPSA) is 82.6 Å². The Hall–Kier alpha value is -3.39. The predicted octanol–water partition coefficient (Wildman–Crippen LogP) is 5.25. The van der Waals surface area contributed by atoms with E-state index in [0.717, 1.165) is 79.9 Å². The van der Waals surface area contributed by atoms with Gasteiger partial charge in [-0.1, -0.05) is 12.1 Å². The summed E-state index contributed by atoms with van der Waals surface area (Å²) in [6, 6.07) is 14.1. The number of ether oxygens (including phenoxy) is 1. The van der Waals surface area contributed by atoms with Crippen molar-refractivity contribution in [1.29, 1.82) is 0 Å². The molecular weight excluding hydrogens is 440 g/mol. The highest BCUT2D eigenvalue weighted by molar-refractivity contribution is 5.89. The Balaban J connectivity index is 1.25. The molecule has 0 radical (unpaired) electrons. The molecule has 5 rings (SSSR count). The maximum atomic E-state index is 12.3. The Morgan fingerprint density at radius 3 is 2.43 bits per heavy atom. The van der Waals surface area contributed by atoms with Crippen molar-refractivity contribution in [2.45, 2.75) is 51.7 Å². The molecule has 3 aromatic rings. The molecule has 0 atom stereocenters. The Morgan fingerprint density at radius 1 is 1.00 bits per heavy atom. The van der Waals surface area contributed by atoms with Crippen LogP contribution in [-0.2, 0) is 0 Å². The first-order chi connectivity index (χ1) is 17.0. The van der Waals surface area contributed by atoms with Crippen LogP contribution in [-0.4, -0.2) is 64.1 Å². The molecule has 2 saturated heterocycles. The summed E-state index contributed by atoms with van der Waals surface area (Å²) in [6.45, 7) is 8.26. The first kappa shape index (κ1) is 23.4. The molecule has 184 valence electrons. The van der Waals surface area contributed by atoms with E-state index in [9.17, 15) is 4.79 Å². The van der Waals surface area contributed by atoms with Crippen LogP contribution in [0.5, 0.6) is 5.75 Å². The summed E-state index contributed by atoms with van der Waals surface area (Å²) in [5, 5.41) is 7.19. The summed E-state index contributed by atoms with van der Waals surface area (Å²) in [6.07, 6.45) is 6.21. The standard InChI is InChI=1S/C27H34N6O2/c1-19(2)32-16-12-23(13-17-32)35-24-7-5-6-20-18-28-26(31-25(20)24)29-21-8-10-22(11-9-21)30-27(34)33-14-3-4-15-33/h5-11,18-19,23H,3-4,12-17H2,1-2H3,(H,30,34)(H,28,29,31). The second-order valence-corrected chi connectivity index (χ2v) is 9.66. The van der Waals surface area contributed by atoms with Crippen LogP contribution in [0, 0.1) is 0 Å². The SMILES string of the molecule is CC(C)N1CCC(Oc2cccc3cnc(Nc4ccc(NC(=O)N5CCCC5)cc4)nc23)CC1. The number of urea groups is 1. The molecule has 1 aromatic heterocycles. The van der Waals surface area contributed by atoms with Gasteiger partial charge in [0.1, 0.15) is 17.4 Å². The summed E-state index contributed by atoms with van der Waals surface area (Å²) >= 11 is 0. The molecule has 0 unspecified atom stereocenters. The van der Waals surface area contributed by atoms with Crippen molar-refractivity contribution in [3.8, 4) is 5.75 Å². The molecule has 8 nitrogen and oxygen atoms in total. The quantitative estimate of drug-likeness (QED) is 0.508. The highest BCUT2D eigenvalue weighted by Crippen LogP contribution is 2.28. The van der Waals surface area contributed by atoms with Gasteiger partial charge >= 0.3 is 6.03 Å². The van der Waals surface area contributed by atoms with Gasteiger partial charge in [0.05, 0.1) is 0 Å². The number of nitrogens with one attached hydrogen (secondary N) is 2. The largest absolute Gasteiger partial charge is 0.488 e. The number of fused-ring (bicyclic) bond motifs is 1. The Bertz CT molecular complexity index is 1150. The normalized spacial score (nSPS) is 17.2. The van der Waals surface area contributed by atoms with Gasteiger partial charge in [-0.3, -0.25) is 0 Å². The number of carbonyl (C=O) groups excluding carboxylic acids is 1. The van der Waals surface area contributed by atoms with Crippen LogP contribution in [0.4, 0.5) is 22.1 Å². The first-order valence-corrected chi connectivity index (χ1v) is 12.6. The summed E-state index contributed by atoms with van der Waals surface area (Å²) in [7, 11) is 0. The molecule has 0 bridgehead atoms. The van der Waals surface area contributed by atoms with Gasteiger partial charge in [-0.05, 0) is 69.9 Å². The lowest BCUT2D eigenvalue weighted by Gasteiger charge is -2.34. The van der Waals surface area contributed by atoms with E-state index in [0.29, 0.717) is 12.0 Å². The summed E-state index contributed by atoms with van der Waals surface area (Å²) < 4.78 is 6.41. The third kappa shape index (κ3) is 5.65. The van der Waals surface area contributed by atoms with Crippen LogP contribution in [0.3, 0.4) is 0 Å². The second-order valence-electron chi connectivity index (χ2n) is 9.66. The van der Waals surface area contributed by atoms with E-state index < -0.39 is 0 Å². The third-order valence-electron chi connectivity index (χ3n) is 6.86. The van der Waals surface area contributed by atoms with Crippen molar-refractivity contribution in [2.24, 2.45) is 0 Å². The average Bonchev–Trinajstić information content (AvgIpc) is 3.41. The van der Waals surface area contributed by atoms with Crippen molar-refractivity contribution >= 4 is 34.3 Å². The number of aromatic nitrogens is 2. The molecule has 0 saturated carbocycles. The molecule has 8 heteroatoms.